The Morgan fingerprint density at radius 1 is 0.931 bits per heavy atom. The molecule has 4 aromatic rings. The summed E-state index contributed by atoms with van der Waals surface area (Å²) < 4.78 is 0. The third-order valence-corrected chi connectivity index (χ3v) is 4.53. The first-order valence-electron chi connectivity index (χ1n) is 9.12. The number of nitrogens with one attached hydrogen (secondary N) is 2. The fraction of sp³-hybridized carbons (Fsp3) is 0.0952. The number of nitrogens with zero attached hydrogens (tertiary/aromatic N) is 4. The van der Waals surface area contributed by atoms with E-state index in [9.17, 15) is 10.1 Å². The van der Waals surface area contributed by atoms with Gasteiger partial charge in [0.1, 0.15) is 6.33 Å². The summed E-state index contributed by atoms with van der Waals surface area (Å²) in [5.41, 5.74) is 3.12. The molecular formula is C21H18N6O2. The minimum Gasteiger partial charge on any atom is -0.334 e. The summed E-state index contributed by atoms with van der Waals surface area (Å²) in [6.07, 6.45) is 3.91. The Hall–Kier alpha value is -4.07. The van der Waals surface area contributed by atoms with Crippen molar-refractivity contribution in [3.63, 3.8) is 0 Å². The summed E-state index contributed by atoms with van der Waals surface area (Å²) in [5.74, 6) is 0.226. The number of benzene rings is 2. The molecule has 0 radical (unpaired) electrons. The molecule has 0 atom stereocenters. The van der Waals surface area contributed by atoms with Gasteiger partial charge in [0.2, 0.25) is 11.6 Å². The molecule has 8 nitrogen and oxygen atoms in total. The zero-order chi connectivity index (χ0) is 20.2. The van der Waals surface area contributed by atoms with E-state index in [-0.39, 0.29) is 17.3 Å². The van der Waals surface area contributed by atoms with Crippen molar-refractivity contribution in [3.8, 4) is 0 Å². The topological polar surface area (TPSA) is 106 Å². The van der Waals surface area contributed by atoms with Gasteiger partial charge in [-0.05, 0) is 48.4 Å². The molecule has 0 bridgehead atoms. The predicted molar refractivity (Wildman–Crippen MR) is 113 cm³/mol. The van der Waals surface area contributed by atoms with Crippen molar-refractivity contribution in [2.75, 3.05) is 10.6 Å². The van der Waals surface area contributed by atoms with E-state index in [2.05, 4.69) is 32.5 Å². The van der Waals surface area contributed by atoms with Crippen LogP contribution in [-0.2, 0) is 6.42 Å². The summed E-state index contributed by atoms with van der Waals surface area (Å²) in [7, 11) is 0. The Labute approximate surface area is 166 Å². The molecular weight excluding hydrogens is 368 g/mol. The summed E-state index contributed by atoms with van der Waals surface area (Å²) in [5, 5.41) is 18.8. The lowest BCUT2D eigenvalue weighted by Crippen LogP contribution is -2.05. The maximum atomic E-state index is 11.8. The molecule has 4 rings (SSSR count). The van der Waals surface area contributed by atoms with Gasteiger partial charge in [-0.3, -0.25) is 15.1 Å². The number of hydrogen-bond donors (Lipinski definition) is 2. The van der Waals surface area contributed by atoms with E-state index in [0.29, 0.717) is 11.4 Å². The summed E-state index contributed by atoms with van der Waals surface area (Å²) in [6, 6.07) is 16.9. The van der Waals surface area contributed by atoms with Crippen molar-refractivity contribution in [1.29, 1.82) is 0 Å². The molecule has 8 heteroatoms. The Morgan fingerprint density at radius 3 is 2.41 bits per heavy atom. The van der Waals surface area contributed by atoms with Crippen LogP contribution in [0.15, 0.2) is 67.1 Å². The normalized spacial score (nSPS) is 10.7. The van der Waals surface area contributed by atoms with E-state index in [4.69, 9.17) is 0 Å². The van der Waals surface area contributed by atoms with Gasteiger partial charge in [-0.25, -0.2) is 9.97 Å². The number of fused-ring (bicyclic) bond motifs is 1. The summed E-state index contributed by atoms with van der Waals surface area (Å²) in [6.45, 7) is 2.07. The van der Waals surface area contributed by atoms with Crippen molar-refractivity contribution >= 4 is 39.6 Å². The highest BCUT2D eigenvalue weighted by Gasteiger charge is 2.23. The van der Waals surface area contributed by atoms with Crippen LogP contribution in [0.2, 0.25) is 0 Å². The summed E-state index contributed by atoms with van der Waals surface area (Å²) in [4.78, 5) is 23.8. The van der Waals surface area contributed by atoms with Crippen LogP contribution in [0.5, 0.6) is 0 Å². The molecule has 0 aliphatic heterocycles. The van der Waals surface area contributed by atoms with Crippen LogP contribution < -0.4 is 10.6 Å². The number of rotatable bonds is 6. The number of hydrogen-bond acceptors (Lipinski definition) is 7. The molecule has 0 fully saturated rings. The van der Waals surface area contributed by atoms with Gasteiger partial charge in [0, 0.05) is 23.0 Å². The van der Waals surface area contributed by atoms with Crippen LogP contribution in [0, 0.1) is 10.1 Å². The second-order valence-corrected chi connectivity index (χ2v) is 6.35. The second-order valence-electron chi connectivity index (χ2n) is 6.35. The van der Waals surface area contributed by atoms with Crippen LogP contribution in [0.25, 0.3) is 10.9 Å². The predicted octanol–water partition coefficient (Wildman–Crippen LogP) is 4.98. The van der Waals surface area contributed by atoms with Crippen LogP contribution in [0.3, 0.4) is 0 Å². The zero-order valence-electron chi connectivity index (χ0n) is 15.7. The molecule has 0 aliphatic carbocycles. The van der Waals surface area contributed by atoms with Crippen LogP contribution in [-0.4, -0.2) is 19.9 Å². The zero-order valence-corrected chi connectivity index (χ0v) is 15.7. The monoisotopic (exact) mass is 386 g/mol. The van der Waals surface area contributed by atoms with Gasteiger partial charge in [0.25, 0.3) is 0 Å². The maximum absolute atomic E-state index is 11.8. The van der Waals surface area contributed by atoms with Crippen LogP contribution in [0.4, 0.5) is 28.7 Å². The highest BCUT2D eigenvalue weighted by atomic mass is 16.6. The van der Waals surface area contributed by atoms with Gasteiger partial charge >= 0.3 is 5.69 Å². The number of anilines is 4. The molecule has 144 valence electrons. The van der Waals surface area contributed by atoms with E-state index < -0.39 is 4.92 Å². The first-order valence-corrected chi connectivity index (χ1v) is 9.12. The Bertz CT molecular complexity index is 1170. The smallest absolute Gasteiger partial charge is 0.334 e. The largest absolute Gasteiger partial charge is 0.353 e. The number of aryl methyl sites for hydroxylation is 1. The van der Waals surface area contributed by atoms with E-state index in [1.807, 2.05) is 54.6 Å². The molecule has 2 aromatic carbocycles. The van der Waals surface area contributed by atoms with Gasteiger partial charge in [-0.2, -0.15) is 0 Å². The van der Waals surface area contributed by atoms with Crippen molar-refractivity contribution in [3.05, 3.63) is 82.8 Å². The molecule has 0 unspecified atom stereocenters. The quantitative estimate of drug-likeness (QED) is 0.355. The fourth-order valence-electron chi connectivity index (χ4n) is 3.04. The molecule has 2 N–H and O–H groups in total. The number of nitro groups is 1. The van der Waals surface area contributed by atoms with Gasteiger partial charge in [0.15, 0.2) is 0 Å². The van der Waals surface area contributed by atoms with E-state index in [1.54, 1.807) is 6.20 Å². The molecule has 0 amide bonds. The molecule has 2 aromatic heterocycles. The van der Waals surface area contributed by atoms with Crippen LogP contribution in [0.1, 0.15) is 12.5 Å². The molecule has 29 heavy (non-hydrogen) atoms. The van der Waals surface area contributed by atoms with E-state index >= 15 is 0 Å². The Kier molecular flexibility index (Phi) is 4.98. The first-order chi connectivity index (χ1) is 14.2. The van der Waals surface area contributed by atoms with Crippen LogP contribution >= 0.6 is 0 Å². The molecule has 0 saturated carbocycles. The van der Waals surface area contributed by atoms with E-state index in [1.165, 1.54) is 11.9 Å². The molecule has 0 spiro atoms. The highest BCUT2D eigenvalue weighted by molar-refractivity contribution is 5.93. The highest BCUT2D eigenvalue weighted by Crippen LogP contribution is 2.34. The van der Waals surface area contributed by atoms with Gasteiger partial charge in [0.05, 0.1) is 10.4 Å². The first kappa shape index (κ1) is 18.3. The molecule has 0 aliphatic rings. The van der Waals surface area contributed by atoms with Gasteiger partial charge < -0.3 is 10.6 Å². The van der Waals surface area contributed by atoms with Gasteiger partial charge in [-0.15, -0.1) is 0 Å². The average Bonchev–Trinajstić information content (AvgIpc) is 2.74. The minimum atomic E-state index is -0.492. The molecule has 2 heterocycles. The molecule has 0 saturated heterocycles. The summed E-state index contributed by atoms with van der Waals surface area (Å²) >= 11 is 0. The van der Waals surface area contributed by atoms with Crippen molar-refractivity contribution in [2.45, 2.75) is 13.3 Å². The van der Waals surface area contributed by atoms with Crippen molar-refractivity contribution in [2.24, 2.45) is 0 Å². The van der Waals surface area contributed by atoms with Crippen molar-refractivity contribution < 1.29 is 4.92 Å². The lowest BCUT2D eigenvalue weighted by molar-refractivity contribution is -0.383. The Morgan fingerprint density at radius 2 is 1.69 bits per heavy atom. The number of pyridine rings is 1. The third kappa shape index (κ3) is 3.81. The lowest BCUT2D eigenvalue weighted by Gasteiger charge is -2.11. The van der Waals surface area contributed by atoms with Gasteiger partial charge in [-0.1, -0.05) is 25.1 Å². The SMILES string of the molecule is CCc1ccc(Nc2ncnc(Nc3cccc4ncccc34)c2[N+](=O)[O-])cc1. The van der Waals surface area contributed by atoms with E-state index in [0.717, 1.165) is 17.3 Å². The Balaban J connectivity index is 1.72. The number of aromatic nitrogens is 3. The average molecular weight is 386 g/mol. The fourth-order valence-corrected chi connectivity index (χ4v) is 3.04. The minimum absolute atomic E-state index is 0.106. The van der Waals surface area contributed by atoms with Crippen molar-refractivity contribution in [1.82, 2.24) is 15.0 Å². The lowest BCUT2D eigenvalue weighted by atomic mass is 10.1. The third-order valence-electron chi connectivity index (χ3n) is 4.53. The second kappa shape index (κ2) is 7.89. The maximum Gasteiger partial charge on any atom is 0.353 e. The standard InChI is InChI=1S/C21H18N6O2/c1-2-14-8-10-15(11-9-14)25-20-19(27(28)29)21(24-13-23-20)26-18-7-3-6-17-16(18)5-4-12-22-17/h3-13H,2H2,1H3,(H2,23,24,25,26).